The predicted molar refractivity (Wildman–Crippen MR) is 104 cm³/mol. The zero-order chi connectivity index (χ0) is 17.6. The number of nitrogens with one attached hydrogen (secondary N) is 2. The molecule has 1 saturated heterocycles. The van der Waals surface area contributed by atoms with E-state index in [-0.39, 0.29) is 12.1 Å². The molecular formula is C21H33N3O. The molecule has 2 aliphatic rings. The van der Waals surface area contributed by atoms with Gasteiger partial charge in [0.2, 0.25) is 0 Å². The van der Waals surface area contributed by atoms with Gasteiger partial charge in [-0.1, -0.05) is 38.3 Å². The predicted octanol–water partition coefficient (Wildman–Crippen LogP) is 4.62. The summed E-state index contributed by atoms with van der Waals surface area (Å²) in [5.74, 6) is 0.849. The van der Waals surface area contributed by atoms with Crippen molar-refractivity contribution in [3.63, 3.8) is 0 Å². The van der Waals surface area contributed by atoms with Crippen LogP contribution in [0.2, 0.25) is 0 Å². The molecule has 0 bridgehead atoms. The van der Waals surface area contributed by atoms with Gasteiger partial charge in [-0.15, -0.1) is 0 Å². The van der Waals surface area contributed by atoms with Gasteiger partial charge in [-0.2, -0.15) is 0 Å². The summed E-state index contributed by atoms with van der Waals surface area (Å²) in [7, 11) is 0. The maximum atomic E-state index is 12.2. The lowest BCUT2D eigenvalue weighted by molar-refractivity contribution is 0.229. The summed E-state index contributed by atoms with van der Waals surface area (Å²) in [6.07, 6.45) is 8.56. The van der Waals surface area contributed by atoms with Gasteiger partial charge in [0.25, 0.3) is 0 Å². The van der Waals surface area contributed by atoms with Crippen LogP contribution in [-0.4, -0.2) is 25.2 Å². The Morgan fingerprint density at radius 3 is 2.32 bits per heavy atom. The van der Waals surface area contributed by atoms with E-state index in [0.29, 0.717) is 6.04 Å². The number of hydrogen-bond donors (Lipinski definition) is 2. The van der Waals surface area contributed by atoms with Crippen molar-refractivity contribution in [2.24, 2.45) is 5.92 Å². The van der Waals surface area contributed by atoms with Crippen molar-refractivity contribution in [2.45, 2.75) is 70.9 Å². The van der Waals surface area contributed by atoms with E-state index in [4.69, 9.17) is 0 Å². The van der Waals surface area contributed by atoms with E-state index in [0.717, 1.165) is 37.4 Å². The highest BCUT2D eigenvalue weighted by Gasteiger charge is 2.18. The van der Waals surface area contributed by atoms with Crippen LogP contribution in [0.25, 0.3) is 0 Å². The third-order valence-electron chi connectivity index (χ3n) is 5.83. The summed E-state index contributed by atoms with van der Waals surface area (Å²) in [5.41, 5.74) is 2.46. The Balaban J connectivity index is 1.50. The molecule has 1 aliphatic heterocycles. The molecule has 2 amide bonds. The Morgan fingerprint density at radius 2 is 1.68 bits per heavy atom. The molecule has 2 fully saturated rings. The van der Waals surface area contributed by atoms with Gasteiger partial charge in [-0.25, -0.2) is 4.79 Å². The Hall–Kier alpha value is -1.71. The van der Waals surface area contributed by atoms with Crippen LogP contribution in [0.4, 0.5) is 10.5 Å². The third-order valence-corrected chi connectivity index (χ3v) is 5.83. The number of amides is 2. The fourth-order valence-corrected chi connectivity index (χ4v) is 3.99. The molecule has 1 heterocycles. The Labute approximate surface area is 152 Å². The quantitative estimate of drug-likeness (QED) is 0.838. The van der Waals surface area contributed by atoms with E-state index in [9.17, 15) is 4.79 Å². The molecule has 4 heteroatoms. The minimum Gasteiger partial charge on any atom is -0.372 e. The van der Waals surface area contributed by atoms with Gasteiger partial charge in [0.1, 0.15) is 0 Å². The van der Waals surface area contributed by atoms with Gasteiger partial charge >= 0.3 is 6.03 Å². The lowest BCUT2D eigenvalue weighted by atomic mass is 9.96. The largest absolute Gasteiger partial charge is 0.372 e. The van der Waals surface area contributed by atoms with Gasteiger partial charge in [-0.05, 0) is 56.2 Å². The average molecular weight is 344 g/mol. The molecule has 1 aromatic carbocycles. The normalized spacial score (nSPS) is 21.0. The number of carbonyl (C=O) groups excluding carboxylic acids is 1. The van der Waals surface area contributed by atoms with Crippen molar-refractivity contribution in [1.82, 2.24) is 10.6 Å². The molecule has 1 atom stereocenters. The smallest absolute Gasteiger partial charge is 0.315 e. The second kappa shape index (κ2) is 8.59. The Morgan fingerprint density at radius 1 is 1.04 bits per heavy atom. The summed E-state index contributed by atoms with van der Waals surface area (Å²) in [5, 5.41) is 6.21. The number of piperidine rings is 1. The molecule has 138 valence electrons. The highest BCUT2D eigenvalue weighted by atomic mass is 16.2. The van der Waals surface area contributed by atoms with Crippen LogP contribution < -0.4 is 15.5 Å². The molecule has 2 N–H and O–H groups in total. The summed E-state index contributed by atoms with van der Waals surface area (Å²) >= 11 is 0. The number of hydrogen-bond acceptors (Lipinski definition) is 2. The second-order valence-corrected chi connectivity index (χ2v) is 7.94. The standard InChI is InChI=1S/C21H33N3O/c1-16-12-14-24(15-13-16)20-10-8-18(9-11-20)17(2)22-21(25)23-19-6-4-3-5-7-19/h8-11,16-17,19H,3-7,12-15H2,1-2H3,(H2,22,23,25). The lowest BCUT2D eigenvalue weighted by Gasteiger charge is -2.32. The molecule has 1 aromatic rings. The summed E-state index contributed by atoms with van der Waals surface area (Å²) in [6.45, 7) is 6.69. The molecule has 1 saturated carbocycles. The van der Waals surface area contributed by atoms with Crippen molar-refractivity contribution in [2.75, 3.05) is 18.0 Å². The molecule has 0 radical (unpaired) electrons. The van der Waals surface area contributed by atoms with Crippen LogP contribution in [0.15, 0.2) is 24.3 Å². The zero-order valence-electron chi connectivity index (χ0n) is 15.8. The fourth-order valence-electron chi connectivity index (χ4n) is 3.99. The minimum absolute atomic E-state index is 0.0269. The van der Waals surface area contributed by atoms with Gasteiger partial charge in [0.05, 0.1) is 6.04 Å². The summed E-state index contributed by atoms with van der Waals surface area (Å²) in [6, 6.07) is 9.04. The van der Waals surface area contributed by atoms with E-state index in [2.05, 4.69) is 53.6 Å². The highest BCUT2D eigenvalue weighted by molar-refractivity contribution is 5.74. The number of carbonyl (C=O) groups is 1. The average Bonchev–Trinajstić information content (AvgIpc) is 2.63. The van der Waals surface area contributed by atoms with Gasteiger partial charge in [0.15, 0.2) is 0 Å². The van der Waals surface area contributed by atoms with Gasteiger partial charge < -0.3 is 15.5 Å². The molecule has 25 heavy (non-hydrogen) atoms. The number of urea groups is 1. The van der Waals surface area contributed by atoms with Crippen molar-refractivity contribution < 1.29 is 4.79 Å². The van der Waals surface area contributed by atoms with E-state index < -0.39 is 0 Å². The van der Waals surface area contributed by atoms with Crippen LogP contribution in [0, 0.1) is 5.92 Å². The number of nitrogens with zero attached hydrogens (tertiary/aromatic N) is 1. The third kappa shape index (κ3) is 5.13. The minimum atomic E-state index is -0.0338. The van der Waals surface area contributed by atoms with Gasteiger partial charge in [-0.3, -0.25) is 0 Å². The van der Waals surface area contributed by atoms with E-state index in [1.165, 1.54) is 37.8 Å². The van der Waals surface area contributed by atoms with Crippen molar-refractivity contribution >= 4 is 11.7 Å². The van der Waals surface area contributed by atoms with Crippen LogP contribution in [0.1, 0.15) is 70.4 Å². The molecule has 1 aliphatic carbocycles. The van der Waals surface area contributed by atoms with E-state index >= 15 is 0 Å². The van der Waals surface area contributed by atoms with Gasteiger partial charge in [0, 0.05) is 24.8 Å². The zero-order valence-corrected chi connectivity index (χ0v) is 15.8. The topological polar surface area (TPSA) is 44.4 Å². The number of rotatable bonds is 4. The van der Waals surface area contributed by atoms with Crippen LogP contribution in [0.5, 0.6) is 0 Å². The first-order valence-corrected chi connectivity index (χ1v) is 10.0. The maximum Gasteiger partial charge on any atom is 0.315 e. The van der Waals surface area contributed by atoms with E-state index in [1.54, 1.807) is 0 Å². The second-order valence-electron chi connectivity index (χ2n) is 7.94. The molecule has 1 unspecified atom stereocenters. The van der Waals surface area contributed by atoms with E-state index in [1.807, 2.05) is 0 Å². The van der Waals surface area contributed by atoms with Crippen LogP contribution in [0.3, 0.4) is 0 Å². The summed E-state index contributed by atoms with van der Waals surface area (Å²) in [4.78, 5) is 14.7. The monoisotopic (exact) mass is 343 g/mol. The first-order chi connectivity index (χ1) is 12.1. The summed E-state index contributed by atoms with van der Waals surface area (Å²) < 4.78 is 0. The SMILES string of the molecule is CC1CCN(c2ccc(C(C)NC(=O)NC3CCCCC3)cc2)CC1. The first-order valence-electron chi connectivity index (χ1n) is 10.0. The Bertz CT molecular complexity index is 543. The van der Waals surface area contributed by atoms with Crippen molar-refractivity contribution in [1.29, 1.82) is 0 Å². The van der Waals surface area contributed by atoms with Crippen LogP contribution >= 0.6 is 0 Å². The molecular weight excluding hydrogens is 310 g/mol. The van der Waals surface area contributed by atoms with Crippen molar-refractivity contribution in [3.8, 4) is 0 Å². The first kappa shape index (κ1) is 18.1. The van der Waals surface area contributed by atoms with Crippen molar-refractivity contribution in [3.05, 3.63) is 29.8 Å². The van der Waals surface area contributed by atoms with Crippen LogP contribution in [-0.2, 0) is 0 Å². The highest BCUT2D eigenvalue weighted by Crippen LogP contribution is 2.24. The Kier molecular flexibility index (Phi) is 6.22. The molecule has 4 nitrogen and oxygen atoms in total. The molecule has 0 spiro atoms. The molecule has 0 aromatic heterocycles. The molecule has 3 rings (SSSR count). The number of benzene rings is 1. The lowest BCUT2D eigenvalue weighted by Crippen LogP contribution is -2.43. The number of anilines is 1. The fraction of sp³-hybridized carbons (Fsp3) is 0.667. The maximum absolute atomic E-state index is 12.2.